The van der Waals surface area contributed by atoms with E-state index in [0.717, 1.165) is 25.2 Å². The summed E-state index contributed by atoms with van der Waals surface area (Å²) in [5.74, 6) is -0.550. The van der Waals surface area contributed by atoms with Gasteiger partial charge in [0, 0.05) is 12.2 Å². The lowest BCUT2D eigenvalue weighted by Gasteiger charge is -2.18. The summed E-state index contributed by atoms with van der Waals surface area (Å²) < 4.78 is 13.5. The summed E-state index contributed by atoms with van der Waals surface area (Å²) in [5, 5.41) is 6.14. The average Bonchev–Trinajstić information content (AvgIpc) is 2.49. The molecule has 0 unspecified atom stereocenters. The summed E-state index contributed by atoms with van der Waals surface area (Å²) in [6.07, 6.45) is 1.06. The number of anilines is 1. The van der Waals surface area contributed by atoms with Crippen molar-refractivity contribution in [1.29, 1.82) is 0 Å². The average molecular weight is 284 g/mol. The van der Waals surface area contributed by atoms with Crippen LogP contribution in [0.15, 0.2) is 42.5 Å². The van der Waals surface area contributed by atoms with Crippen LogP contribution in [0.3, 0.4) is 0 Å². The second kappa shape index (κ2) is 6.06. The van der Waals surface area contributed by atoms with Gasteiger partial charge in [-0.05, 0) is 47.9 Å². The van der Waals surface area contributed by atoms with E-state index in [4.69, 9.17) is 0 Å². The molecular weight excluding hydrogens is 267 g/mol. The first kappa shape index (κ1) is 13.8. The predicted molar refractivity (Wildman–Crippen MR) is 80.6 cm³/mol. The van der Waals surface area contributed by atoms with Gasteiger partial charge in [-0.25, -0.2) is 4.39 Å². The number of benzene rings is 2. The first-order valence-corrected chi connectivity index (χ1v) is 7.08. The van der Waals surface area contributed by atoms with Gasteiger partial charge in [0.15, 0.2) is 0 Å². The van der Waals surface area contributed by atoms with Gasteiger partial charge in [0.1, 0.15) is 5.82 Å². The Hall–Kier alpha value is -2.20. The van der Waals surface area contributed by atoms with E-state index in [2.05, 4.69) is 16.7 Å². The van der Waals surface area contributed by atoms with Crippen LogP contribution in [-0.2, 0) is 24.2 Å². The summed E-state index contributed by atoms with van der Waals surface area (Å²) in [6.45, 7) is 1.82. The fourth-order valence-electron chi connectivity index (χ4n) is 2.58. The van der Waals surface area contributed by atoms with E-state index in [1.54, 1.807) is 18.2 Å². The number of nitrogens with one attached hydrogen (secondary N) is 2. The highest BCUT2D eigenvalue weighted by Gasteiger charge is 2.11. The molecule has 1 heterocycles. The molecule has 3 rings (SSSR count). The molecule has 0 fully saturated rings. The first-order chi connectivity index (χ1) is 10.2. The van der Waals surface area contributed by atoms with E-state index in [9.17, 15) is 9.18 Å². The van der Waals surface area contributed by atoms with Gasteiger partial charge in [-0.3, -0.25) is 4.79 Å². The van der Waals surface area contributed by atoms with Crippen LogP contribution in [0.1, 0.15) is 16.7 Å². The number of hydrogen-bond donors (Lipinski definition) is 2. The molecule has 0 saturated heterocycles. The zero-order chi connectivity index (χ0) is 14.7. The summed E-state index contributed by atoms with van der Waals surface area (Å²) in [6, 6.07) is 12.3. The van der Waals surface area contributed by atoms with E-state index in [0.29, 0.717) is 5.56 Å². The summed E-state index contributed by atoms with van der Waals surface area (Å²) in [7, 11) is 0. The van der Waals surface area contributed by atoms with E-state index < -0.39 is 0 Å². The molecule has 2 aromatic rings. The molecule has 108 valence electrons. The number of fused-ring (bicyclic) bond motifs is 1. The zero-order valence-corrected chi connectivity index (χ0v) is 11.7. The Balaban J connectivity index is 1.69. The predicted octanol–water partition coefficient (Wildman–Crippen LogP) is 2.65. The van der Waals surface area contributed by atoms with Crippen molar-refractivity contribution in [3.05, 3.63) is 65.0 Å². The first-order valence-electron chi connectivity index (χ1n) is 7.08. The molecule has 0 atom stereocenters. The molecule has 0 radical (unpaired) electrons. The molecule has 0 spiro atoms. The standard InChI is InChI=1S/C17H17FN2O/c18-16-4-2-1-3-13(16)10-17(21)20-15-6-5-12-7-8-19-11-14(12)9-15/h1-6,9,19H,7-8,10-11H2,(H,20,21). The van der Waals surface area contributed by atoms with E-state index in [1.807, 2.05) is 12.1 Å². The van der Waals surface area contributed by atoms with Gasteiger partial charge in [-0.2, -0.15) is 0 Å². The highest BCUT2D eigenvalue weighted by molar-refractivity contribution is 5.92. The minimum atomic E-state index is -0.345. The van der Waals surface area contributed by atoms with Crippen molar-refractivity contribution in [3.63, 3.8) is 0 Å². The lowest BCUT2D eigenvalue weighted by atomic mass is 10.0. The van der Waals surface area contributed by atoms with Crippen LogP contribution in [0.25, 0.3) is 0 Å². The molecule has 0 bridgehead atoms. The topological polar surface area (TPSA) is 41.1 Å². The van der Waals surface area contributed by atoms with Crippen molar-refractivity contribution >= 4 is 11.6 Å². The van der Waals surface area contributed by atoms with Crippen LogP contribution in [0.5, 0.6) is 0 Å². The van der Waals surface area contributed by atoms with Crippen LogP contribution in [0, 0.1) is 5.82 Å². The largest absolute Gasteiger partial charge is 0.326 e. The highest BCUT2D eigenvalue weighted by Crippen LogP contribution is 2.19. The van der Waals surface area contributed by atoms with Crippen molar-refractivity contribution in [2.75, 3.05) is 11.9 Å². The van der Waals surface area contributed by atoms with Gasteiger partial charge >= 0.3 is 0 Å². The SMILES string of the molecule is O=C(Cc1ccccc1F)Nc1ccc2c(c1)CNCC2. The number of amides is 1. The molecule has 1 amide bonds. The molecule has 1 aliphatic heterocycles. The third-order valence-corrected chi connectivity index (χ3v) is 3.69. The van der Waals surface area contributed by atoms with Crippen LogP contribution in [-0.4, -0.2) is 12.5 Å². The molecule has 2 N–H and O–H groups in total. The van der Waals surface area contributed by atoms with Crippen molar-refractivity contribution in [2.45, 2.75) is 19.4 Å². The maximum absolute atomic E-state index is 13.5. The van der Waals surface area contributed by atoms with Gasteiger partial charge in [0.25, 0.3) is 0 Å². The van der Waals surface area contributed by atoms with E-state index in [-0.39, 0.29) is 18.1 Å². The molecule has 3 nitrogen and oxygen atoms in total. The molecule has 2 aromatic carbocycles. The monoisotopic (exact) mass is 284 g/mol. The van der Waals surface area contributed by atoms with Crippen molar-refractivity contribution < 1.29 is 9.18 Å². The molecule has 0 aromatic heterocycles. The van der Waals surface area contributed by atoms with Crippen molar-refractivity contribution in [2.24, 2.45) is 0 Å². The second-order valence-corrected chi connectivity index (χ2v) is 5.23. The zero-order valence-electron chi connectivity index (χ0n) is 11.7. The smallest absolute Gasteiger partial charge is 0.228 e. The van der Waals surface area contributed by atoms with Gasteiger partial charge in [0.05, 0.1) is 6.42 Å². The lowest BCUT2D eigenvalue weighted by Crippen LogP contribution is -2.24. The molecule has 0 aliphatic carbocycles. The van der Waals surface area contributed by atoms with E-state index >= 15 is 0 Å². The minimum absolute atomic E-state index is 0.0437. The molecule has 21 heavy (non-hydrogen) atoms. The third kappa shape index (κ3) is 3.28. The van der Waals surface area contributed by atoms with Gasteiger partial charge in [0.2, 0.25) is 5.91 Å². The number of carbonyl (C=O) groups excluding carboxylic acids is 1. The van der Waals surface area contributed by atoms with Gasteiger partial charge in [-0.15, -0.1) is 0 Å². The maximum Gasteiger partial charge on any atom is 0.228 e. The third-order valence-electron chi connectivity index (χ3n) is 3.69. The van der Waals surface area contributed by atoms with E-state index in [1.165, 1.54) is 17.2 Å². The van der Waals surface area contributed by atoms with Crippen LogP contribution >= 0.6 is 0 Å². The Labute approximate surface area is 123 Å². The quantitative estimate of drug-likeness (QED) is 0.910. The van der Waals surface area contributed by atoms with Crippen molar-refractivity contribution in [3.8, 4) is 0 Å². The number of halogens is 1. The fraction of sp³-hybridized carbons (Fsp3) is 0.235. The highest BCUT2D eigenvalue weighted by atomic mass is 19.1. The lowest BCUT2D eigenvalue weighted by molar-refractivity contribution is -0.115. The van der Waals surface area contributed by atoms with Gasteiger partial charge < -0.3 is 10.6 Å². The number of carbonyl (C=O) groups is 1. The minimum Gasteiger partial charge on any atom is -0.326 e. The number of rotatable bonds is 3. The maximum atomic E-state index is 13.5. The molecule has 4 heteroatoms. The second-order valence-electron chi connectivity index (χ2n) is 5.23. The van der Waals surface area contributed by atoms with Gasteiger partial charge in [-0.1, -0.05) is 24.3 Å². The molecule has 0 saturated carbocycles. The Kier molecular flexibility index (Phi) is 3.97. The molecule has 1 aliphatic rings. The number of hydrogen-bond acceptors (Lipinski definition) is 2. The Bertz CT molecular complexity index is 670. The summed E-state index contributed by atoms with van der Waals surface area (Å²) in [4.78, 5) is 12.0. The van der Waals surface area contributed by atoms with Crippen molar-refractivity contribution in [1.82, 2.24) is 5.32 Å². The summed E-state index contributed by atoms with van der Waals surface area (Å²) >= 11 is 0. The molecular formula is C17H17FN2O. The van der Waals surface area contributed by atoms with Crippen LogP contribution in [0.2, 0.25) is 0 Å². The van der Waals surface area contributed by atoms with Crippen LogP contribution < -0.4 is 10.6 Å². The Morgan fingerprint density at radius 2 is 2.05 bits per heavy atom. The fourth-order valence-corrected chi connectivity index (χ4v) is 2.58. The Morgan fingerprint density at radius 3 is 2.90 bits per heavy atom. The Morgan fingerprint density at radius 1 is 1.19 bits per heavy atom. The van der Waals surface area contributed by atoms with Crippen LogP contribution in [0.4, 0.5) is 10.1 Å². The normalized spacial score (nSPS) is 13.6. The summed E-state index contributed by atoms with van der Waals surface area (Å²) in [5.41, 5.74) is 3.71.